The molecule has 2 atom stereocenters. The number of sulfonamides is 1. The molecule has 1 heterocycles. The fourth-order valence-corrected chi connectivity index (χ4v) is 5.23. The van der Waals surface area contributed by atoms with Crippen molar-refractivity contribution < 1.29 is 22.8 Å². The van der Waals surface area contributed by atoms with E-state index in [0.717, 1.165) is 38.5 Å². The third-order valence-corrected chi connectivity index (χ3v) is 7.24. The van der Waals surface area contributed by atoms with E-state index in [9.17, 15) is 22.8 Å². The number of hydrogen-bond donors (Lipinski definition) is 2. The van der Waals surface area contributed by atoms with Gasteiger partial charge in [0.1, 0.15) is 0 Å². The number of carbonyl (C=O) groups excluding carboxylic acids is 3. The Labute approximate surface area is 191 Å². The fraction of sp³-hybridized carbons (Fsp3) is 0.625. The summed E-state index contributed by atoms with van der Waals surface area (Å²) in [5.41, 5.74) is 0. The molecule has 2 unspecified atom stereocenters. The van der Waals surface area contributed by atoms with Crippen LogP contribution in [0, 0.1) is 11.8 Å². The van der Waals surface area contributed by atoms with Gasteiger partial charge in [0.15, 0.2) is 5.78 Å². The molecule has 178 valence electrons. The summed E-state index contributed by atoms with van der Waals surface area (Å²) >= 11 is 0. The van der Waals surface area contributed by atoms with Crippen LogP contribution in [0.25, 0.3) is 0 Å². The summed E-state index contributed by atoms with van der Waals surface area (Å²) in [5.74, 6) is -2.23. The van der Waals surface area contributed by atoms with Crippen LogP contribution in [0.1, 0.15) is 71.6 Å². The average molecular weight is 465 g/mol. The van der Waals surface area contributed by atoms with Crippen LogP contribution >= 0.6 is 0 Å². The van der Waals surface area contributed by atoms with Gasteiger partial charge in [0.25, 0.3) is 5.91 Å². The molecule has 1 aliphatic rings. The predicted octanol–water partition coefficient (Wildman–Crippen LogP) is 3.38. The van der Waals surface area contributed by atoms with Gasteiger partial charge in [0.05, 0.1) is 10.9 Å². The lowest BCUT2D eigenvalue weighted by Crippen LogP contribution is -2.44. The molecule has 7 nitrogen and oxygen atoms in total. The summed E-state index contributed by atoms with van der Waals surface area (Å²) in [6, 6.07) is 6.96. The zero-order chi connectivity index (χ0) is 23.6. The number of Topliss-reactive ketones (excluding diaryl/α,β-unsaturated/α-hetero) is 2. The van der Waals surface area contributed by atoms with Crippen LogP contribution in [0.3, 0.4) is 0 Å². The molecule has 32 heavy (non-hydrogen) atoms. The molecule has 0 aromatic heterocycles. The van der Waals surface area contributed by atoms with Crippen molar-refractivity contribution in [1.82, 2.24) is 10.0 Å². The van der Waals surface area contributed by atoms with E-state index in [1.165, 1.54) is 12.1 Å². The molecule has 0 saturated carbocycles. The zero-order valence-electron chi connectivity index (χ0n) is 19.1. The molecule has 1 amide bonds. The Morgan fingerprint density at radius 3 is 2.31 bits per heavy atom. The summed E-state index contributed by atoms with van der Waals surface area (Å²) < 4.78 is 28.1. The maximum atomic E-state index is 13.2. The van der Waals surface area contributed by atoms with Crippen molar-refractivity contribution in [3.05, 3.63) is 30.3 Å². The topological polar surface area (TPSA) is 109 Å². The fourth-order valence-electron chi connectivity index (χ4n) is 3.98. The lowest BCUT2D eigenvalue weighted by atomic mass is 9.87. The minimum Gasteiger partial charge on any atom is -0.349 e. The van der Waals surface area contributed by atoms with Crippen LogP contribution in [0.2, 0.25) is 0 Å². The number of rotatable bonds is 8. The summed E-state index contributed by atoms with van der Waals surface area (Å²) in [6.07, 6.45) is 6.37. The van der Waals surface area contributed by atoms with Gasteiger partial charge in [-0.15, -0.1) is 0 Å². The van der Waals surface area contributed by atoms with Gasteiger partial charge in [-0.05, 0) is 37.3 Å². The third-order valence-electron chi connectivity index (χ3n) is 5.75. The van der Waals surface area contributed by atoms with Crippen molar-refractivity contribution in [2.24, 2.45) is 11.8 Å². The van der Waals surface area contributed by atoms with Gasteiger partial charge in [0.2, 0.25) is 15.8 Å². The van der Waals surface area contributed by atoms with Crippen molar-refractivity contribution in [3.63, 3.8) is 0 Å². The minimum absolute atomic E-state index is 0.0673. The van der Waals surface area contributed by atoms with Crippen LogP contribution in [0.4, 0.5) is 0 Å². The molecule has 0 aliphatic carbocycles. The largest absolute Gasteiger partial charge is 0.349 e. The monoisotopic (exact) mass is 464 g/mol. The lowest BCUT2D eigenvalue weighted by molar-refractivity contribution is -0.141. The molecule has 0 bridgehead atoms. The zero-order valence-corrected chi connectivity index (χ0v) is 20.0. The Morgan fingerprint density at radius 1 is 1.03 bits per heavy atom. The van der Waals surface area contributed by atoms with Crippen LogP contribution in [-0.2, 0) is 24.4 Å². The van der Waals surface area contributed by atoms with Gasteiger partial charge >= 0.3 is 0 Å². The van der Waals surface area contributed by atoms with E-state index in [0.29, 0.717) is 19.4 Å². The van der Waals surface area contributed by atoms with E-state index >= 15 is 0 Å². The first kappa shape index (κ1) is 26.2. The molecular weight excluding hydrogens is 428 g/mol. The molecule has 1 saturated heterocycles. The number of hydrogen-bond acceptors (Lipinski definition) is 5. The SMILES string of the molecule is CC(C)CC(NS(=O)(=O)c1ccccc1)C(=O)CC1CCCCCCCCNC(=O)C1=O. The highest BCUT2D eigenvalue weighted by atomic mass is 32.2. The van der Waals surface area contributed by atoms with E-state index in [4.69, 9.17) is 0 Å². The van der Waals surface area contributed by atoms with Gasteiger partial charge in [-0.1, -0.05) is 64.2 Å². The first-order chi connectivity index (χ1) is 15.2. The van der Waals surface area contributed by atoms with Crippen LogP contribution in [0.5, 0.6) is 0 Å². The summed E-state index contributed by atoms with van der Waals surface area (Å²) in [7, 11) is -3.88. The number of carbonyl (C=O) groups is 3. The van der Waals surface area contributed by atoms with Crippen LogP contribution < -0.4 is 10.0 Å². The first-order valence-corrected chi connectivity index (χ1v) is 13.1. The molecule has 1 aromatic rings. The van der Waals surface area contributed by atoms with Crippen LogP contribution in [-0.4, -0.2) is 38.5 Å². The van der Waals surface area contributed by atoms with E-state index < -0.39 is 33.7 Å². The second kappa shape index (κ2) is 12.8. The normalized spacial score (nSPS) is 20.2. The molecular formula is C24H36N2O5S. The van der Waals surface area contributed by atoms with E-state index in [1.54, 1.807) is 18.2 Å². The molecule has 8 heteroatoms. The summed E-state index contributed by atoms with van der Waals surface area (Å²) in [6.45, 7) is 4.27. The quantitative estimate of drug-likeness (QED) is 0.573. The maximum absolute atomic E-state index is 13.2. The van der Waals surface area contributed by atoms with Crippen molar-refractivity contribution >= 4 is 27.5 Å². The Balaban J connectivity index is 2.16. The molecule has 2 N–H and O–H groups in total. The highest BCUT2D eigenvalue weighted by Gasteiger charge is 2.32. The number of nitrogens with one attached hydrogen (secondary N) is 2. The Bertz CT molecular complexity index is 868. The highest BCUT2D eigenvalue weighted by molar-refractivity contribution is 7.89. The highest BCUT2D eigenvalue weighted by Crippen LogP contribution is 2.21. The van der Waals surface area contributed by atoms with Crippen molar-refractivity contribution in [1.29, 1.82) is 0 Å². The molecule has 1 aromatic carbocycles. The Kier molecular flexibility index (Phi) is 10.5. The molecule has 1 fully saturated rings. The van der Waals surface area contributed by atoms with E-state index in [2.05, 4.69) is 10.0 Å². The average Bonchev–Trinajstić information content (AvgIpc) is 2.75. The molecule has 1 aliphatic heterocycles. The standard InChI is InChI=1S/C24H36N2O5S/c1-18(2)16-21(26-32(30,31)20-13-9-7-10-14-20)22(27)17-19-12-8-5-3-4-6-11-15-25-24(29)23(19)28/h7,9-10,13-14,18-19,21,26H,3-6,8,11-12,15-17H2,1-2H3,(H,25,29). The second-order valence-electron chi connectivity index (χ2n) is 9.01. The molecule has 2 rings (SSSR count). The first-order valence-electron chi connectivity index (χ1n) is 11.6. The van der Waals surface area contributed by atoms with Crippen molar-refractivity contribution in [3.8, 4) is 0 Å². The van der Waals surface area contributed by atoms with E-state index in [1.807, 2.05) is 13.8 Å². The van der Waals surface area contributed by atoms with Gasteiger partial charge in [-0.25, -0.2) is 13.1 Å². The number of benzene rings is 1. The third kappa shape index (κ3) is 8.47. The molecule has 0 radical (unpaired) electrons. The lowest BCUT2D eigenvalue weighted by Gasteiger charge is -2.22. The summed E-state index contributed by atoms with van der Waals surface area (Å²) in [5, 5.41) is 2.66. The van der Waals surface area contributed by atoms with Crippen LogP contribution in [0.15, 0.2) is 35.2 Å². The molecule has 0 spiro atoms. The van der Waals surface area contributed by atoms with Gasteiger partial charge in [-0.2, -0.15) is 0 Å². The van der Waals surface area contributed by atoms with Gasteiger partial charge < -0.3 is 5.32 Å². The number of amides is 1. The Morgan fingerprint density at radius 2 is 1.66 bits per heavy atom. The van der Waals surface area contributed by atoms with Crippen molar-refractivity contribution in [2.45, 2.75) is 82.6 Å². The Hall–Kier alpha value is -2.06. The second-order valence-corrected chi connectivity index (χ2v) is 10.7. The minimum atomic E-state index is -3.88. The van der Waals surface area contributed by atoms with Gasteiger partial charge in [0, 0.05) is 18.9 Å². The van der Waals surface area contributed by atoms with E-state index in [-0.39, 0.29) is 23.0 Å². The number of ketones is 2. The maximum Gasteiger partial charge on any atom is 0.287 e. The van der Waals surface area contributed by atoms with Crippen molar-refractivity contribution in [2.75, 3.05) is 6.54 Å². The predicted molar refractivity (Wildman–Crippen MR) is 123 cm³/mol. The van der Waals surface area contributed by atoms with Gasteiger partial charge in [-0.3, -0.25) is 14.4 Å². The smallest absolute Gasteiger partial charge is 0.287 e. The summed E-state index contributed by atoms with van der Waals surface area (Å²) in [4.78, 5) is 38.3.